The van der Waals surface area contributed by atoms with E-state index in [1.807, 2.05) is 25.1 Å². The number of phenolic OH excluding ortho intramolecular Hbond substituents is 1. The summed E-state index contributed by atoms with van der Waals surface area (Å²) < 4.78 is 40.6. The number of carbonyl (C=O) groups is 1. The van der Waals surface area contributed by atoms with Crippen molar-refractivity contribution >= 4 is 33.5 Å². The largest absolute Gasteiger partial charge is 0.506 e. The summed E-state index contributed by atoms with van der Waals surface area (Å²) in [6.07, 6.45) is 0. The van der Waals surface area contributed by atoms with Crippen molar-refractivity contribution in [1.29, 1.82) is 0 Å². The molecule has 0 aliphatic carbocycles. The fraction of sp³-hybridized carbons (Fsp3) is 0.222. The maximum absolute atomic E-state index is 14.6. The molecule has 1 amide bonds. The van der Waals surface area contributed by atoms with Crippen LogP contribution in [0.4, 0.5) is 15.8 Å². The summed E-state index contributed by atoms with van der Waals surface area (Å²) in [5.74, 6) is -1.83. The molecule has 0 saturated carbocycles. The molecular formula is C18H18FN5O4S. The Kier molecular flexibility index (Phi) is 4.53. The molecule has 0 atom stereocenters. The summed E-state index contributed by atoms with van der Waals surface area (Å²) >= 11 is 0. The lowest BCUT2D eigenvalue weighted by Gasteiger charge is -2.21. The van der Waals surface area contributed by atoms with Crippen molar-refractivity contribution in [3.8, 4) is 5.75 Å². The molecule has 0 radical (unpaired) electrons. The van der Waals surface area contributed by atoms with Crippen LogP contribution in [0.15, 0.2) is 35.3 Å². The fourth-order valence-electron chi connectivity index (χ4n) is 3.20. The van der Waals surface area contributed by atoms with Gasteiger partial charge < -0.3 is 15.7 Å². The van der Waals surface area contributed by atoms with E-state index in [1.54, 1.807) is 4.72 Å². The molecule has 2 aliphatic rings. The third-order valence-corrected chi connectivity index (χ3v) is 5.94. The van der Waals surface area contributed by atoms with Gasteiger partial charge in [0.1, 0.15) is 18.0 Å². The van der Waals surface area contributed by atoms with E-state index < -0.39 is 39.9 Å². The Morgan fingerprint density at radius 1 is 1.31 bits per heavy atom. The molecule has 2 aromatic carbocycles. The number of phenols is 1. The number of halogens is 1. The summed E-state index contributed by atoms with van der Waals surface area (Å²) in [5.41, 5.74) is 2.90. The first-order valence-electron chi connectivity index (χ1n) is 8.72. The van der Waals surface area contributed by atoms with E-state index in [-0.39, 0.29) is 6.54 Å². The highest BCUT2D eigenvalue weighted by atomic mass is 32.2. The molecule has 9 nitrogen and oxygen atoms in total. The van der Waals surface area contributed by atoms with E-state index in [0.29, 0.717) is 22.4 Å². The van der Waals surface area contributed by atoms with Crippen LogP contribution in [0.3, 0.4) is 0 Å². The lowest BCUT2D eigenvalue weighted by atomic mass is 10.1. The van der Waals surface area contributed by atoms with Crippen LogP contribution in [-0.4, -0.2) is 31.9 Å². The number of aryl methyl sites for hydroxylation is 1. The Balaban J connectivity index is 1.50. The second kappa shape index (κ2) is 6.92. The molecule has 2 aromatic rings. The van der Waals surface area contributed by atoms with Gasteiger partial charge in [-0.15, -0.1) is 0 Å². The Morgan fingerprint density at radius 2 is 2.10 bits per heavy atom. The first-order valence-corrected chi connectivity index (χ1v) is 10.2. The van der Waals surface area contributed by atoms with Crippen LogP contribution in [0, 0.1) is 12.7 Å². The molecule has 4 rings (SSSR count). The van der Waals surface area contributed by atoms with Gasteiger partial charge in [-0.2, -0.15) is 8.42 Å². The Labute approximate surface area is 166 Å². The monoisotopic (exact) mass is 419 g/mol. The molecule has 1 fully saturated rings. The molecule has 0 unspecified atom stereocenters. The van der Waals surface area contributed by atoms with Gasteiger partial charge in [0.05, 0.1) is 6.54 Å². The van der Waals surface area contributed by atoms with E-state index in [0.717, 1.165) is 22.9 Å². The van der Waals surface area contributed by atoms with Crippen LogP contribution in [0.1, 0.15) is 16.7 Å². The SMILES string of the molecule is Cc1ccc2c(c1)NC(NCc1cc(O)c(N3CC(=O)NS3(=O)=O)c(F)c1)=NC2. The summed E-state index contributed by atoms with van der Waals surface area (Å²) in [5, 5.41) is 16.4. The third-order valence-electron chi connectivity index (χ3n) is 4.56. The highest BCUT2D eigenvalue weighted by Gasteiger charge is 2.37. The van der Waals surface area contributed by atoms with Crippen LogP contribution < -0.4 is 19.7 Å². The fourth-order valence-corrected chi connectivity index (χ4v) is 4.37. The normalized spacial score (nSPS) is 17.2. The minimum atomic E-state index is -4.22. The number of rotatable bonds is 3. The Morgan fingerprint density at radius 3 is 2.79 bits per heavy atom. The summed E-state index contributed by atoms with van der Waals surface area (Å²) in [7, 11) is -4.22. The highest BCUT2D eigenvalue weighted by Crippen LogP contribution is 2.34. The van der Waals surface area contributed by atoms with Crippen molar-refractivity contribution in [2.24, 2.45) is 4.99 Å². The van der Waals surface area contributed by atoms with Crippen LogP contribution in [0.5, 0.6) is 5.75 Å². The number of aliphatic imine (C=N–C) groups is 1. The zero-order chi connectivity index (χ0) is 20.8. The highest BCUT2D eigenvalue weighted by molar-refractivity contribution is 7.92. The van der Waals surface area contributed by atoms with Gasteiger partial charge in [0.25, 0.3) is 5.91 Å². The molecule has 1 saturated heterocycles. The van der Waals surface area contributed by atoms with Crippen molar-refractivity contribution in [2.75, 3.05) is 16.2 Å². The molecule has 152 valence electrons. The quantitative estimate of drug-likeness (QED) is 0.591. The van der Waals surface area contributed by atoms with Crippen LogP contribution in [0.25, 0.3) is 0 Å². The van der Waals surface area contributed by atoms with E-state index >= 15 is 0 Å². The Bertz CT molecular complexity index is 1130. The third kappa shape index (κ3) is 3.68. The van der Waals surface area contributed by atoms with Crippen molar-refractivity contribution in [3.05, 3.63) is 52.8 Å². The number of nitrogens with one attached hydrogen (secondary N) is 3. The summed E-state index contributed by atoms with van der Waals surface area (Å²) in [6, 6.07) is 8.34. The zero-order valence-corrected chi connectivity index (χ0v) is 16.2. The maximum Gasteiger partial charge on any atom is 0.326 e. The smallest absolute Gasteiger partial charge is 0.326 e. The number of anilines is 2. The minimum Gasteiger partial charge on any atom is -0.506 e. The van der Waals surface area contributed by atoms with Crippen molar-refractivity contribution in [1.82, 2.24) is 10.0 Å². The molecule has 0 aromatic heterocycles. The van der Waals surface area contributed by atoms with Gasteiger partial charge in [-0.05, 0) is 41.8 Å². The first-order chi connectivity index (χ1) is 13.7. The molecule has 0 spiro atoms. The lowest BCUT2D eigenvalue weighted by Crippen LogP contribution is -2.33. The predicted molar refractivity (Wildman–Crippen MR) is 105 cm³/mol. The van der Waals surface area contributed by atoms with Gasteiger partial charge in [0, 0.05) is 12.2 Å². The number of amides is 1. The summed E-state index contributed by atoms with van der Waals surface area (Å²) in [6.45, 7) is 2.03. The van der Waals surface area contributed by atoms with Crippen molar-refractivity contribution < 1.29 is 22.7 Å². The van der Waals surface area contributed by atoms with Gasteiger partial charge in [-0.1, -0.05) is 12.1 Å². The number of carbonyl (C=O) groups excluding carboxylic acids is 1. The number of hydrogen-bond acceptors (Lipinski definition) is 7. The number of fused-ring (bicyclic) bond motifs is 1. The van der Waals surface area contributed by atoms with Crippen LogP contribution in [0.2, 0.25) is 0 Å². The Hall–Kier alpha value is -3.34. The number of benzene rings is 2. The maximum atomic E-state index is 14.6. The average molecular weight is 419 g/mol. The van der Waals surface area contributed by atoms with Crippen molar-refractivity contribution in [3.63, 3.8) is 0 Å². The summed E-state index contributed by atoms with van der Waals surface area (Å²) in [4.78, 5) is 15.7. The molecule has 2 aliphatic heterocycles. The molecule has 2 heterocycles. The van der Waals surface area contributed by atoms with Gasteiger partial charge in [0.15, 0.2) is 11.8 Å². The van der Waals surface area contributed by atoms with Gasteiger partial charge in [-0.25, -0.2) is 18.4 Å². The van der Waals surface area contributed by atoms with Crippen LogP contribution in [-0.2, 0) is 28.1 Å². The number of guanidine groups is 1. The molecule has 11 heteroatoms. The molecule has 4 N–H and O–H groups in total. The van der Waals surface area contributed by atoms with E-state index in [4.69, 9.17) is 0 Å². The lowest BCUT2D eigenvalue weighted by molar-refractivity contribution is -0.117. The number of nitrogens with zero attached hydrogens (tertiary/aromatic N) is 2. The predicted octanol–water partition coefficient (Wildman–Crippen LogP) is 1.09. The van der Waals surface area contributed by atoms with E-state index in [1.165, 1.54) is 6.07 Å². The second-order valence-electron chi connectivity index (χ2n) is 6.79. The standard InChI is InChI=1S/C18H18FN5O4S/c1-10-2-3-12-8-21-18(22-14(12)4-10)20-7-11-5-13(19)17(15(25)6-11)24-9-16(26)23-29(24,27)28/h2-6,25H,7-9H2,1H3,(H,23,26)(H2,20,21,22). The molecule has 29 heavy (non-hydrogen) atoms. The van der Waals surface area contributed by atoms with Crippen molar-refractivity contribution in [2.45, 2.75) is 20.0 Å². The van der Waals surface area contributed by atoms with E-state index in [9.17, 15) is 22.7 Å². The van der Waals surface area contributed by atoms with Crippen LogP contribution >= 0.6 is 0 Å². The van der Waals surface area contributed by atoms with E-state index in [2.05, 4.69) is 15.6 Å². The van der Waals surface area contributed by atoms with Gasteiger partial charge in [-0.3, -0.25) is 4.79 Å². The molecule has 0 bridgehead atoms. The molecular weight excluding hydrogens is 401 g/mol. The first kappa shape index (κ1) is 19.0. The average Bonchev–Trinajstić information content (AvgIpc) is 2.91. The van der Waals surface area contributed by atoms with Gasteiger partial charge >= 0.3 is 10.2 Å². The minimum absolute atomic E-state index is 0.141. The number of hydrogen-bond donors (Lipinski definition) is 4. The van der Waals surface area contributed by atoms with Gasteiger partial charge in [0.2, 0.25) is 0 Å². The topological polar surface area (TPSA) is 123 Å². The number of aromatic hydroxyl groups is 1. The second-order valence-corrected chi connectivity index (χ2v) is 8.38. The zero-order valence-electron chi connectivity index (χ0n) is 15.4.